The van der Waals surface area contributed by atoms with Gasteiger partial charge in [0.05, 0.1) is 6.54 Å². The Hall–Kier alpha value is -3.30. The molecule has 0 aromatic heterocycles. The number of carbonyl (C=O) groups is 4. The van der Waals surface area contributed by atoms with Gasteiger partial charge in [-0.15, -0.1) is 0 Å². The van der Waals surface area contributed by atoms with Crippen molar-refractivity contribution in [2.24, 2.45) is 0 Å². The van der Waals surface area contributed by atoms with Crippen molar-refractivity contribution in [3.63, 3.8) is 0 Å². The molecule has 10 heteroatoms. The Labute approximate surface area is 155 Å². The van der Waals surface area contributed by atoms with Gasteiger partial charge in [-0.1, -0.05) is 6.07 Å². The summed E-state index contributed by atoms with van der Waals surface area (Å²) >= 11 is 0. The third kappa shape index (κ3) is 3.25. The second-order valence-corrected chi connectivity index (χ2v) is 6.44. The lowest BCUT2D eigenvalue weighted by atomic mass is 9.91. The van der Waals surface area contributed by atoms with Crippen LogP contribution in [-0.4, -0.2) is 67.5 Å². The van der Waals surface area contributed by atoms with E-state index in [0.29, 0.717) is 17.1 Å². The lowest BCUT2D eigenvalue weighted by molar-refractivity contribution is -0.139. The number of benzene rings is 1. The molecule has 1 fully saturated rings. The van der Waals surface area contributed by atoms with Crippen LogP contribution in [0.4, 0.5) is 4.79 Å². The molecule has 1 atom stereocenters. The Morgan fingerprint density at radius 1 is 1.30 bits per heavy atom. The predicted octanol–water partition coefficient (Wildman–Crippen LogP) is -0.613. The highest BCUT2D eigenvalue weighted by molar-refractivity contribution is 6.09. The quantitative estimate of drug-likeness (QED) is 0.662. The average Bonchev–Trinajstić information content (AvgIpc) is 3.19. The van der Waals surface area contributed by atoms with Crippen molar-refractivity contribution < 1.29 is 28.7 Å². The highest BCUT2D eigenvalue weighted by Crippen LogP contribution is 2.37. The van der Waals surface area contributed by atoms with Crippen LogP contribution in [0, 0.1) is 0 Å². The molecule has 1 aromatic carbocycles. The second-order valence-electron chi connectivity index (χ2n) is 6.44. The van der Waals surface area contributed by atoms with E-state index >= 15 is 0 Å². The molecule has 1 saturated heterocycles. The van der Waals surface area contributed by atoms with Gasteiger partial charge in [-0.3, -0.25) is 19.3 Å². The molecule has 0 saturated carbocycles. The van der Waals surface area contributed by atoms with Gasteiger partial charge >= 0.3 is 6.03 Å². The van der Waals surface area contributed by atoms with Crippen molar-refractivity contribution in [1.29, 1.82) is 0 Å². The topological polar surface area (TPSA) is 117 Å². The number of hydrogen-bond acceptors (Lipinski definition) is 6. The maximum absolute atomic E-state index is 12.9. The summed E-state index contributed by atoms with van der Waals surface area (Å²) in [6.45, 7) is 1.02. The summed E-state index contributed by atoms with van der Waals surface area (Å²) < 4.78 is 10.6. The van der Waals surface area contributed by atoms with Gasteiger partial charge in [0, 0.05) is 14.1 Å². The van der Waals surface area contributed by atoms with E-state index in [4.69, 9.17) is 9.47 Å². The monoisotopic (exact) mass is 376 g/mol. The molecule has 0 unspecified atom stereocenters. The number of likely N-dealkylation sites (N-methyl/N-ethyl adjacent to an activating group) is 2. The Kier molecular flexibility index (Phi) is 4.64. The molecule has 27 heavy (non-hydrogen) atoms. The summed E-state index contributed by atoms with van der Waals surface area (Å²) in [4.78, 5) is 50.9. The third-order valence-electron chi connectivity index (χ3n) is 4.60. The first kappa shape index (κ1) is 18.5. The van der Waals surface area contributed by atoms with Gasteiger partial charge in [0.1, 0.15) is 12.1 Å². The zero-order valence-corrected chi connectivity index (χ0v) is 15.2. The van der Waals surface area contributed by atoms with E-state index in [1.807, 2.05) is 0 Å². The Morgan fingerprint density at radius 2 is 2.00 bits per heavy atom. The molecule has 2 aliphatic heterocycles. The van der Waals surface area contributed by atoms with Crippen molar-refractivity contribution in [2.75, 3.05) is 34.0 Å². The molecule has 0 radical (unpaired) electrons. The number of hydrogen-bond donors (Lipinski definition) is 2. The first-order chi connectivity index (χ1) is 12.8. The fourth-order valence-electron chi connectivity index (χ4n) is 2.88. The molecule has 10 nitrogen and oxygen atoms in total. The van der Waals surface area contributed by atoms with Crippen LogP contribution in [0.25, 0.3) is 0 Å². The number of amides is 5. The molecular formula is C17H20N4O6. The van der Waals surface area contributed by atoms with Crippen molar-refractivity contribution in [2.45, 2.75) is 12.5 Å². The first-order valence-electron chi connectivity index (χ1n) is 8.25. The van der Waals surface area contributed by atoms with Gasteiger partial charge in [0.25, 0.3) is 5.91 Å². The van der Waals surface area contributed by atoms with Crippen LogP contribution in [0.5, 0.6) is 11.5 Å². The molecule has 144 valence electrons. The van der Waals surface area contributed by atoms with E-state index in [2.05, 4.69) is 10.6 Å². The predicted molar refractivity (Wildman–Crippen MR) is 91.9 cm³/mol. The van der Waals surface area contributed by atoms with Gasteiger partial charge in [-0.05, 0) is 24.6 Å². The summed E-state index contributed by atoms with van der Waals surface area (Å²) in [7, 11) is 2.88. The van der Waals surface area contributed by atoms with E-state index in [1.165, 1.54) is 14.1 Å². The van der Waals surface area contributed by atoms with Crippen LogP contribution in [0.1, 0.15) is 12.5 Å². The van der Waals surface area contributed by atoms with E-state index in [-0.39, 0.29) is 19.2 Å². The van der Waals surface area contributed by atoms with Crippen molar-refractivity contribution in [1.82, 2.24) is 20.4 Å². The van der Waals surface area contributed by atoms with Crippen molar-refractivity contribution in [3.8, 4) is 11.5 Å². The molecule has 3 rings (SSSR count). The van der Waals surface area contributed by atoms with Crippen LogP contribution in [0.3, 0.4) is 0 Å². The van der Waals surface area contributed by atoms with Crippen LogP contribution in [0.2, 0.25) is 0 Å². The van der Waals surface area contributed by atoms with Crippen LogP contribution in [-0.2, 0) is 19.9 Å². The van der Waals surface area contributed by atoms with Gasteiger partial charge in [-0.2, -0.15) is 0 Å². The molecule has 0 bridgehead atoms. The Bertz CT molecular complexity index is 826. The normalized spacial score (nSPS) is 20.5. The largest absolute Gasteiger partial charge is 0.454 e. The molecule has 5 amide bonds. The average molecular weight is 376 g/mol. The SMILES string of the molecule is CNC(=O)CN(C)C(=O)CN1C(=O)N[C@](C)(c2ccc3c(c2)OCO3)C1=O. The number of ether oxygens (including phenoxy) is 2. The minimum Gasteiger partial charge on any atom is -0.454 e. The Morgan fingerprint density at radius 3 is 2.70 bits per heavy atom. The maximum Gasteiger partial charge on any atom is 0.325 e. The fraction of sp³-hybridized carbons (Fsp3) is 0.412. The number of nitrogens with zero attached hydrogens (tertiary/aromatic N) is 2. The zero-order chi connectivity index (χ0) is 19.8. The minimum absolute atomic E-state index is 0.0914. The van der Waals surface area contributed by atoms with Crippen LogP contribution >= 0.6 is 0 Å². The lowest BCUT2D eigenvalue weighted by Crippen LogP contribution is -2.45. The van der Waals surface area contributed by atoms with Gasteiger partial charge in [0.2, 0.25) is 18.6 Å². The van der Waals surface area contributed by atoms with Gasteiger partial charge < -0.3 is 25.0 Å². The third-order valence-corrected chi connectivity index (χ3v) is 4.60. The summed E-state index contributed by atoms with van der Waals surface area (Å²) in [5.41, 5.74) is -0.823. The second kappa shape index (κ2) is 6.78. The van der Waals surface area contributed by atoms with Gasteiger partial charge in [0.15, 0.2) is 11.5 Å². The summed E-state index contributed by atoms with van der Waals surface area (Å²) in [5, 5.41) is 5.03. The van der Waals surface area contributed by atoms with E-state index in [0.717, 1.165) is 9.80 Å². The number of urea groups is 1. The molecule has 2 N–H and O–H groups in total. The van der Waals surface area contributed by atoms with Crippen LogP contribution < -0.4 is 20.1 Å². The maximum atomic E-state index is 12.9. The van der Waals surface area contributed by atoms with Gasteiger partial charge in [-0.25, -0.2) is 4.79 Å². The molecule has 1 aromatic rings. The van der Waals surface area contributed by atoms with Crippen molar-refractivity contribution in [3.05, 3.63) is 23.8 Å². The standard InChI is InChI=1S/C17H20N4O6/c1-17(10-4-5-11-12(6-10)27-9-26-11)15(24)21(16(25)19-17)8-14(23)20(3)7-13(22)18-2/h4-6H,7-9H2,1-3H3,(H,18,22)(H,19,25)/t17-/m1/s1. The zero-order valence-electron chi connectivity index (χ0n) is 15.2. The lowest BCUT2D eigenvalue weighted by Gasteiger charge is -2.23. The molecular weight excluding hydrogens is 356 g/mol. The molecule has 2 aliphatic rings. The molecule has 0 spiro atoms. The highest BCUT2D eigenvalue weighted by Gasteiger charge is 2.50. The van der Waals surface area contributed by atoms with E-state index in [9.17, 15) is 19.2 Å². The number of imide groups is 1. The number of fused-ring (bicyclic) bond motifs is 1. The van der Waals surface area contributed by atoms with Crippen LogP contribution in [0.15, 0.2) is 18.2 Å². The fourth-order valence-corrected chi connectivity index (χ4v) is 2.88. The van der Waals surface area contributed by atoms with E-state index < -0.39 is 29.9 Å². The Balaban J connectivity index is 1.76. The number of nitrogens with one attached hydrogen (secondary N) is 2. The smallest absolute Gasteiger partial charge is 0.325 e. The van der Waals surface area contributed by atoms with Crippen molar-refractivity contribution >= 4 is 23.8 Å². The summed E-state index contributed by atoms with van der Waals surface area (Å²) in [6, 6.07) is 4.27. The molecule has 2 heterocycles. The molecule has 0 aliphatic carbocycles. The summed E-state index contributed by atoms with van der Waals surface area (Å²) in [5.74, 6) is -0.407. The summed E-state index contributed by atoms with van der Waals surface area (Å²) in [6.07, 6.45) is 0. The number of rotatable bonds is 5. The highest BCUT2D eigenvalue weighted by atomic mass is 16.7. The van der Waals surface area contributed by atoms with E-state index in [1.54, 1.807) is 25.1 Å². The number of carbonyl (C=O) groups excluding carboxylic acids is 4. The minimum atomic E-state index is -1.34. The first-order valence-corrected chi connectivity index (χ1v) is 8.25.